The van der Waals surface area contributed by atoms with E-state index in [0.717, 1.165) is 6.20 Å². The molecule has 2 aromatic heterocycles. The zero-order chi connectivity index (χ0) is 13.3. The second-order valence-corrected chi connectivity index (χ2v) is 6.41. The van der Waals surface area contributed by atoms with Crippen LogP contribution in [0, 0.1) is 12.7 Å². The Kier molecular flexibility index (Phi) is 3.36. The molecule has 0 spiro atoms. The van der Waals surface area contributed by atoms with E-state index >= 15 is 0 Å². The minimum atomic E-state index is -3.71. The molecular weight excluding hydrogens is 283 g/mol. The van der Waals surface area contributed by atoms with Gasteiger partial charge < -0.3 is 4.52 Å². The predicted molar refractivity (Wildman–Crippen MR) is 62.9 cm³/mol. The van der Waals surface area contributed by atoms with E-state index < -0.39 is 20.6 Å². The summed E-state index contributed by atoms with van der Waals surface area (Å²) in [5.41, 5.74) is 1.10. The first kappa shape index (κ1) is 13.0. The van der Waals surface area contributed by atoms with Crippen LogP contribution in [0.4, 0.5) is 4.39 Å². The Morgan fingerprint density at radius 2 is 2.17 bits per heavy atom. The predicted octanol–water partition coefficient (Wildman–Crippen LogP) is 2.25. The van der Waals surface area contributed by atoms with E-state index in [4.69, 9.17) is 15.2 Å². The van der Waals surface area contributed by atoms with Gasteiger partial charge in [-0.05, 0) is 19.1 Å². The lowest BCUT2D eigenvalue weighted by Gasteiger charge is -1.96. The summed E-state index contributed by atoms with van der Waals surface area (Å²) in [6.45, 7) is 1.63. The molecule has 0 N–H and O–H groups in total. The second-order valence-electron chi connectivity index (χ2n) is 3.63. The molecule has 0 saturated heterocycles. The van der Waals surface area contributed by atoms with Crippen LogP contribution in [0.5, 0.6) is 0 Å². The maximum Gasteiger partial charge on any atom is 0.238 e. The lowest BCUT2D eigenvalue weighted by Crippen LogP contribution is -1.97. The van der Waals surface area contributed by atoms with Gasteiger partial charge in [-0.15, -0.1) is 0 Å². The van der Waals surface area contributed by atoms with E-state index in [0.29, 0.717) is 17.0 Å². The third-order valence-electron chi connectivity index (χ3n) is 2.29. The third kappa shape index (κ3) is 2.85. The van der Waals surface area contributed by atoms with Gasteiger partial charge >= 0.3 is 0 Å². The summed E-state index contributed by atoms with van der Waals surface area (Å²) in [5.74, 6) is -0.602. The Labute approximate surface area is 107 Å². The molecule has 8 heteroatoms. The topological polar surface area (TPSA) is 73.1 Å². The van der Waals surface area contributed by atoms with Crippen molar-refractivity contribution in [1.29, 1.82) is 0 Å². The summed E-state index contributed by atoms with van der Waals surface area (Å²) < 4.78 is 39.7. The highest BCUT2D eigenvalue weighted by atomic mass is 35.7. The molecule has 0 aromatic carbocycles. The molecule has 5 nitrogen and oxygen atoms in total. The summed E-state index contributed by atoms with van der Waals surface area (Å²) in [6.07, 6.45) is 1.04. The first-order valence-electron chi connectivity index (χ1n) is 4.86. The fourth-order valence-corrected chi connectivity index (χ4v) is 2.32. The van der Waals surface area contributed by atoms with Gasteiger partial charge in [-0.2, -0.15) is 0 Å². The van der Waals surface area contributed by atoms with Crippen molar-refractivity contribution in [2.24, 2.45) is 0 Å². The molecule has 0 amide bonds. The van der Waals surface area contributed by atoms with Crippen molar-refractivity contribution >= 4 is 19.7 Å². The van der Waals surface area contributed by atoms with Crippen molar-refractivity contribution in [3.63, 3.8) is 0 Å². The Morgan fingerprint density at radius 3 is 2.72 bits per heavy atom. The molecule has 2 aromatic rings. The monoisotopic (exact) mass is 290 g/mol. The molecular formula is C10H8ClFN2O3S. The van der Waals surface area contributed by atoms with E-state index in [9.17, 15) is 12.8 Å². The van der Waals surface area contributed by atoms with Crippen LogP contribution in [-0.2, 0) is 14.8 Å². The van der Waals surface area contributed by atoms with Crippen LogP contribution < -0.4 is 0 Å². The third-order valence-corrected chi connectivity index (χ3v) is 3.24. The minimum Gasteiger partial charge on any atom is -0.354 e. The van der Waals surface area contributed by atoms with Gasteiger partial charge in [0.25, 0.3) is 0 Å². The average Bonchev–Trinajstić information content (AvgIpc) is 2.60. The van der Waals surface area contributed by atoms with Gasteiger partial charge in [0.15, 0.2) is 5.76 Å². The maximum atomic E-state index is 12.7. The molecule has 0 unspecified atom stereocenters. The number of pyridine rings is 1. The number of nitrogens with zero attached hydrogens (tertiary/aromatic N) is 2. The van der Waals surface area contributed by atoms with Crippen LogP contribution in [0.1, 0.15) is 11.3 Å². The van der Waals surface area contributed by atoms with Gasteiger partial charge in [-0.3, -0.25) is 0 Å². The highest BCUT2D eigenvalue weighted by molar-refractivity contribution is 8.13. The molecule has 2 heterocycles. The van der Waals surface area contributed by atoms with Crippen molar-refractivity contribution in [3.05, 3.63) is 35.4 Å². The number of hydrogen-bond donors (Lipinski definition) is 0. The summed E-state index contributed by atoms with van der Waals surface area (Å²) in [5, 5.41) is 3.63. The molecule has 0 atom stereocenters. The highest BCUT2D eigenvalue weighted by Gasteiger charge is 2.19. The SMILES string of the molecule is Cc1c(CS(=O)(=O)Cl)noc1-c1ccc(F)cn1. The zero-order valence-electron chi connectivity index (χ0n) is 9.22. The quantitative estimate of drug-likeness (QED) is 0.811. The van der Waals surface area contributed by atoms with E-state index in [1.165, 1.54) is 12.1 Å². The second kappa shape index (κ2) is 4.66. The molecule has 0 fully saturated rings. The first-order chi connectivity index (χ1) is 8.37. The van der Waals surface area contributed by atoms with Crippen LogP contribution >= 0.6 is 10.7 Å². The standard InChI is InChI=1S/C10H8ClFN2O3S/c1-6-9(5-18(11,15)16)14-17-10(6)8-3-2-7(12)4-13-8/h2-4H,5H2,1H3. The minimum absolute atomic E-state index is 0.214. The number of rotatable bonds is 3. The first-order valence-corrected chi connectivity index (χ1v) is 7.34. The molecule has 0 radical (unpaired) electrons. The molecule has 18 heavy (non-hydrogen) atoms. The highest BCUT2D eigenvalue weighted by Crippen LogP contribution is 2.25. The van der Waals surface area contributed by atoms with Crippen molar-refractivity contribution < 1.29 is 17.3 Å². The Balaban J connectivity index is 2.39. The molecule has 2 rings (SSSR count). The van der Waals surface area contributed by atoms with E-state index in [1.807, 2.05) is 0 Å². The van der Waals surface area contributed by atoms with Crippen LogP contribution in [-0.4, -0.2) is 18.6 Å². The summed E-state index contributed by atoms with van der Waals surface area (Å²) in [6, 6.07) is 2.64. The lowest BCUT2D eigenvalue weighted by atomic mass is 10.2. The van der Waals surface area contributed by atoms with Crippen molar-refractivity contribution in [2.45, 2.75) is 12.7 Å². The number of halogens is 2. The fourth-order valence-electron chi connectivity index (χ4n) is 1.42. The zero-order valence-corrected chi connectivity index (χ0v) is 10.8. The van der Waals surface area contributed by atoms with Gasteiger partial charge in [0.2, 0.25) is 9.05 Å². The Hall–Kier alpha value is -1.47. The summed E-state index contributed by atoms with van der Waals surface area (Å²) in [7, 11) is 1.44. The van der Waals surface area contributed by atoms with Crippen molar-refractivity contribution in [3.8, 4) is 11.5 Å². The van der Waals surface area contributed by atoms with Gasteiger partial charge in [0.05, 0.1) is 6.20 Å². The smallest absolute Gasteiger partial charge is 0.238 e. The van der Waals surface area contributed by atoms with Gasteiger partial charge in [0.1, 0.15) is 23.0 Å². The van der Waals surface area contributed by atoms with Crippen LogP contribution in [0.25, 0.3) is 11.5 Å². The maximum absolute atomic E-state index is 12.7. The normalized spacial score (nSPS) is 11.7. The van der Waals surface area contributed by atoms with E-state index in [1.54, 1.807) is 6.92 Å². The molecule has 0 aliphatic heterocycles. The average molecular weight is 291 g/mol. The molecule has 0 aliphatic carbocycles. The van der Waals surface area contributed by atoms with Crippen LogP contribution in [0.2, 0.25) is 0 Å². The number of aromatic nitrogens is 2. The molecule has 0 aliphatic rings. The van der Waals surface area contributed by atoms with Crippen molar-refractivity contribution in [1.82, 2.24) is 10.1 Å². The molecule has 0 saturated carbocycles. The van der Waals surface area contributed by atoms with Gasteiger partial charge in [-0.25, -0.2) is 17.8 Å². The Bertz CT molecular complexity index is 667. The van der Waals surface area contributed by atoms with Crippen LogP contribution in [0.15, 0.2) is 22.9 Å². The van der Waals surface area contributed by atoms with E-state index in [2.05, 4.69) is 10.1 Å². The summed E-state index contributed by atoms with van der Waals surface area (Å²) in [4.78, 5) is 3.83. The van der Waals surface area contributed by atoms with Gasteiger partial charge in [-0.1, -0.05) is 5.16 Å². The molecule has 0 bridgehead atoms. The fraction of sp³-hybridized carbons (Fsp3) is 0.200. The van der Waals surface area contributed by atoms with Crippen LogP contribution in [0.3, 0.4) is 0 Å². The van der Waals surface area contributed by atoms with Gasteiger partial charge in [0, 0.05) is 16.2 Å². The number of hydrogen-bond acceptors (Lipinski definition) is 5. The summed E-state index contributed by atoms with van der Waals surface area (Å²) >= 11 is 0. The van der Waals surface area contributed by atoms with Crippen molar-refractivity contribution in [2.75, 3.05) is 0 Å². The largest absolute Gasteiger partial charge is 0.354 e. The molecule has 96 valence electrons. The lowest BCUT2D eigenvalue weighted by molar-refractivity contribution is 0.424. The van der Waals surface area contributed by atoms with E-state index in [-0.39, 0.29) is 5.69 Å². The Morgan fingerprint density at radius 1 is 1.44 bits per heavy atom.